The molecule has 3 aromatic rings. The number of benzene rings is 2. The molecule has 1 aromatic heterocycles. The summed E-state index contributed by atoms with van der Waals surface area (Å²) < 4.78 is 6.34. The van der Waals surface area contributed by atoms with Crippen LogP contribution in [0.4, 0.5) is 0 Å². The Bertz CT molecular complexity index is 902. The molecule has 0 saturated heterocycles. The van der Waals surface area contributed by atoms with E-state index in [2.05, 4.69) is 10.3 Å². The number of amides is 1. The first kappa shape index (κ1) is 14.8. The van der Waals surface area contributed by atoms with Crippen LogP contribution < -0.4 is 5.32 Å². The first-order chi connectivity index (χ1) is 11.7. The number of rotatable bonds is 3. The minimum Gasteiger partial charge on any atom is -0.448 e. The fraction of sp³-hybridized carbons (Fsp3) is 0.167. The number of carbonyl (C=O) groups is 2. The second-order valence-electron chi connectivity index (χ2n) is 5.55. The lowest BCUT2D eigenvalue weighted by Gasteiger charge is -2.23. The molecule has 24 heavy (non-hydrogen) atoms. The van der Waals surface area contributed by atoms with E-state index in [0.29, 0.717) is 18.5 Å². The van der Waals surface area contributed by atoms with Crippen molar-refractivity contribution in [3.63, 3.8) is 0 Å². The van der Waals surface area contributed by atoms with Crippen molar-refractivity contribution in [3.05, 3.63) is 64.7 Å². The molecule has 1 atom stereocenters. The fourth-order valence-electron chi connectivity index (χ4n) is 2.75. The fourth-order valence-corrected chi connectivity index (χ4v) is 3.66. The predicted molar refractivity (Wildman–Crippen MR) is 90.8 cm³/mol. The molecule has 0 spiro atoms. The van der Waals surface area contributed by atoms with Gasteiger partial charge in [0.15, 0.2) is 6.10 Å². The second-order valence-corrected chi connectivity index (χ2v) is 6.66. The number of nitrogens with zero attached hydrogens (tertiary/aromatic N) is 1. The van der Waals surface area contributed by atoms with Crippen molar-refractivity contribution in [2.24, 2.45) is 0 Å². The van der Waals surface area contributed by atoms with Crippen molar-refractivity contribution in [3.8, 4) is 0 Å². The lowest BCUT2D eigenvalue weighted by atomic mass is 9.98. The number of nitrogens with one attached hydrogen (secondary N) is 1. The Hall–Kier alpha value is -2.73. The highest BCUT2D eigenvalue weighted by atomic mass is 32.1. The third kappa shape index (κ3) is 2.76. The summed E-state index contributed by atoms with van der Waals surface area (Å²) >= 11 is 1.54. The summed E-state index contributed by atoms with van der Waals surface area (Å²) in [4.78, 5) is 28.8. The highest BCUT2D eigenvalue weighted by molar-refractivity contribution is 7.18. The van der Waals surface area contributed by atoms with Gasteiger partial charge in [-0.3, -0.25) is 4.79 Å². The van der Waals surface area contributed by atoms with Gasteiger partial charge in [-0.05, 0) is 23.8 Å². The first-order valence-corrected chi connectivity index (χ1v) is 8.43. The van der Waals surface area contributed by atoms with Gasteiger partial charge in [-0.2, -0.15) is 0 Å². The Morgan fingerprint density at radius 2 is 2.00 bits per heavy atom. The molecule has 2 heterocycles. The zero-order chi connectivity index (χ0) is 16.5. The number of carbonyl (C=O) groups excluding carboxylic acids is 2. The second kappa shape index (κ2) is 6.05. The summed E-state index contributed by atoms with van der Waals surface area (Å²) in [6.07, 6.45) is -0.394. The molecule has 0 bridgehead atoms. The van der Waals surface area contributed by atoms with E-state index in [0.717, 1.165) is 20.8 Å². The van der Waals surface area contributed by atoms with E-state index < -0.39 is 12.1 Å². The minimum atomic E-state index is -0.790. The molecule has 0 fully saturated rings. The molecule has 0 radical (unpaired) electrons. The third-order valence-corrected chi connectivity index (χ3v) is 4.97. The predicted octanol–water partition coefficient (Wildman–Crippen LogP) is 2.69. The number of esters is 1. The molecular formula is C18H14N2O3S. The molecule has 4 rings (SSSR count). The van der Waals surface area contributed by atoms with Crippen molar-refractivity contribution < 1.29 is 14.3 Å². The smallest absolute Gasteiger partial charge is 0.339 e. The number of hydrogen-bond acceptors (Lipinski definition) is 5. The van der Waals surface area contributed by atoms with Gasteiger partial charge in [-0.25, -0.2) is 9.78 Å². The summed E-state index contributed by atoms with van der Waals surface area (Å²) in [5.41, 5.74) is 2.30. The van der Waals surface area contributed by atoms with Gasteiger partial charge >= 0.3 is 5.97 Å². The Kier molecular flexibility index (Phi) is 3.74. The van der Waals surface area contributed by atoms with Crippen molar-refractivity contribution in [2.45, 2.75) is 19.1 Å². The molecule has 6 heteroatoms. The number of fused-ring (bicyclic) bond motifs is 2. The molecule has 2 aromatic carbocycles. The molecular weight excluding hydrogens is 324 g/mol. The van der Waals surface area contributed by atoms with E-state index in [9.17, 15) is 9.59 Å². The number of ether oxygens (including phenoxy) is 1. The average Bonchev–Trinajstić information content (AvgIpc) is 3.02. The maximum absolute atomic E-state index is 12.3. The van der Waals surface area contributed by atoms with Gasteiger partial charge in [0.25, 0.3) is 5.91 Å². The van der Waals surface area contributed by atoms with Gasteiger partial charge in [-0.15, -0.1) is 11.3 Å². The topological polar surface area (TPSA) is 68.3 Å². The molecule has 0 saturated carbocycles. The van der Waals surface area contributed by atoms with Crippen LogP contribution in [0.25, 0.3) is 10.2 Å². The van der Waals surface area contributed by atoms with Crippen LogP contribution in [0.2, 0.25) is 0 Å². The first-order valence-electron chi connectivity index (χ1n) is 7.62. The van der Waals surface area contributed by atoms with Crippen LogP contribution in [0.15, 0.2) is 48.5 Å². The van der Waals surface area contributed by atoms with E-state index in [1.54, 1.807) is 23.5 Å². The third-order valence-electron chi connectivity index (χ3n) is 3.94. The summed E-state index contributed by atoms with van der Waals surface area (Å²) in [6, 6.07) is 15.0. The molecule has 1 aliphatic heterocycles. The number of thiazole rings is 1. The highest BCUT2D eigenvalue weighted by Crippen LogP contribution is 2.22. The largest absolute Gasteiger partial charge is 0.448 e. The lowest BCUT2D eigenvalue weighted by Crippen LogP contribution is -2.41. The Morgan fingerprint density at radius 3 is 2.88 bits per heavy atom. The molecule has 5 nitrogen and oxygen atoms in total. The van der Waals surface area contributed by atoms with Crippen LogP contribution in [0.3, 0.4) is 0 Å². The normalized spacial score (nSPS) is 16.5. The number of cyclic esters (lactones) is 1. The maximum Gasteiger partial charge on any atom is 0.339 e. The molecule has 0 unspecified atom stereocenters. The van der Waals surface area contributed by atoms with Crippen molar-refractivity contribution >= 4 is 33.4 Å². The van der Waals surface area contributed by atoms with Crippen LogP contribution >= 0.6 is 11.3 Å². The Labute approximate surface area is 142 Å². The number of hydrogen-bond donors (Lipinski definition) is 1. The van der Waals surface area contributed by atoms with Crippen LogP contribution in [-0.2, 0) is 22.5 Å². The van der Waals surface area contributed by atoms with Gasteiger partial charge in [0.1, 0.15) is 5.01 Å². The maximum atomic E-state index is 12.3. The van der Waals surface area contributed by atoms with Crippen LogP contribution in [-0.4, -0.2) is 23.0 Å². The van der Waals surface area contributed by atoms with E-state index in [4.69, 9.17) is 4.74 Å². The van der Waals surface area contributed by atoms with E-state index in [-0.39, 0.29) is 5.91 Å². The van der Waals surface area contributed by atoms with E-state index in [1.807, 2.05) is 36.4 Å². The summed E-state index contributed by atoms with van der Waals surface area (Å²) in [6.45, 7) is 0.327. The molecule has 1 amide bonds. The average molecular weight is 338 g/mol. The van der Waals surface area contributed by atoms with E-state index in [1.165, 1.54) is 0 Å². The highest BCUT2D eigenvalue weighted by Gasteiger charge is 2.30. The summed E-state index contributed by atoms with van der Waals surface area (Å²) in [5, 5.41) is 3.64. The van der Waals surface area contributed by atoms with Crippen molar-refractivity contribution in [1.82, 2.24) is 10.3 Å². The van der Waals surface area contributed by atoms with Crippen molar-refractivity contribution in [2.75, 3.05) is 0 Å². The lowest BCUT2D eigenvalue weighted by molar-refractivity contribution is -0.130. The minimum absolute atomic E-state index is 0.294. The Balaban J connectivity index is 1.44. The molecule has 120 valence electrons. The Morgan fingerprint density at radius 1 is 1.21 bits per heavy atom. The molecule has 1 aliphatic rings. The number of para-hydroxylation sites is 1. The van der Waals surface area contributed by atoms with Gasteiger partial charge in [-0.1, -0.05) is 30.3 Å². The molecule has 0 aliphatic carbocycles. The zero-order valence-corrected chi connectivity index (χ0v) is 13.5. The summed E-state index contributed by atoms with van der Waals surface area (Å²) in [5.74, 6) is -0.742. The number of aromatic nitrogens is 1. The van der Waals surface area contributed by atoms with Crippen LogP contribution in [0.1, 0.15) is 20.9 Å². The van der Waals surface area contributed by atoms with Gasteiger partial charge in [0, 0.05) is 6.42 Å². The van der Waals surface area contributed by atoms with Crippen LogP contribution in [0, 0.1) is 0 Å². The van der Waals surface area contributed by atoms with Gasteiger partial charge in [0.2, 0.25) is 0 Å². The standard InChI is InChI=1S/C18H14N2O3S/c21-17(14-9-11-5-1-2-6-12(11)18(22)23-14)19-10-16-20-13-7-3-4-8-15(13)24-16/h1-8,14H,9-10H2,(H,19,21)/t14-/m1/s1. The quantitative estimate of drug-likeness (QED) is 0.746. The molecule has 1 N–H and O–H groups in total. The van der Waals surface area contributed by atoms with Crippen LogP contribution in [0.5, 0.6) is 0 Å². The SMILES string of the molecule is O=C1O[C@@H](C(=O)NCc2nc3ccccc3s2)Cc2ccccc21. The monoisotopic (exact) mass is 338 g/mol. The van der Waals surface area contributed by atoms with Crippen molar-refractivity contribution in [1.29, 1.82) is 0 Å². The van der Waals surface area contributed by atoms with Gasteiger partial charge < -0.3 is 10.1 Å². The zero-order valence-electron chi connectivity index (χ0n) is 12.7. The van der Waals surface area contributed by atoms with E-state index >= 15 is 0 Å². The van der Waals surface area contributed by atoms with Gasteiger partial charge in [0.05, 0.1) is 22.3 Å². The summed E-state index contributed by atoms with van der Waals surface area (Å²) in [7, 11) is 0.